The number of carbonyl (C=O) groups is 1. The standard InChI is InChI=1S/C22H28N2O4S/c1-21(2,3)28-20(25)24-10-8-15(9-11-24)18-12-29-19(23-18)16-4-6-17(7-5-16)22(26)13-27-14-22/h4-7,12,15,26H,8-11,13-14H2,1-3H3. The molecular formula is C22H28N2O4S. The van der Waals surface area contributed by atoms with Gasteiger partial charge in [0.1, 0.15) is 16.2 Å². The molecule has 6 nitrogen and oxygen atoms in total. The van der Waals surface area contributed by atoms with E-state index in [1.54, 1.807) is 16.2 Å². The number of aliphatic hydroxyl groups is 1. The fourth-order valence-electron chi connectivity index (χ4n) is 3.68. The average molecular weight is 417 g/mol. The first-order valence-corrected chi connectivity index (χ1v) is 11.0. The lowest BCUT2D eigenvalue weighted by molar-refractivity contribution is -0.184. The predicted octanol–water partition coefficient (Wildman–Crippen LogP) is 4.14. The van der Waals surface area contributed by atoms with Crippen LogP contribution in [-0.2, 0) is 15.1 Å². The van der Waals surface area contributed by atoms with E-state index in [9.17, 15) is 9.90 Å². The lowest BCUT2D eigenvalue weighted by Crippen LogP contribution is -2.46. The van der Waals surface area contributed by atoms with Gasteiger partial charge in [-0.15, -0.1) is 11.3 Å². The molecule has 7 heteroatoms. The van der Waals surface area contributed by atoms with Crippen molar-refractivity contribution >= 4 is 17.4 Å². The average Bonchev–Trinajstić information content (AvgIpc) is 3.15. The molecule has 1 aromatic carbocycles. The predicted molar refractivity (Wildman–Crippen MR) is 112 cm³/mol. The van der Waals surface area contributed by atoms with Crippen molar-refractivity contribution in [3.05, 3.63) is 40.9 Å². The minimum absolute atomic E-state index is 0.228. The summed E-state index contributed by atoms with van der Waals surface area (Å²) in [6.45, 7) is 7.78. The molecule has 2 saturated heterocycles. The second-order valence-corrected chi connectivity index (χ2v) is 9.78. The summed E-state index contributed by atoms with van der Waals surface area (Å²) in [4.78, 5) is 18.9. The molecule has 0 bridgehead atoms. The van der Waals surface area contributed by atoms with Crippen molar-refractivity contribution in [1.82, 2.24) is 9.88 Å². The molecule has 0 saturated carbocycles. The number of amides is 1. The summed E-state index contributed by atoms with van der Waals surface area (Å²) in [6, 6.07) is 7.94. The highest BCUT2D eigenvalue weighted by Crippen LogP contribution is 2.34. The smallest absolute Gasteiger partial charge is 0.410 e. The zero-order chi connectivity index (χ0) is 20.6. The maximum atomic E-state index is 12.2. The van der Waals surface area contributed by atoms with Crippen LogP contribution >= 0.6 is 11.3 Å². The Kier molecular flexibility index (Phi) is 5.40. The molecule has 1 amide bonds. The van der Waals surface area contributed by atoms with E-state index < -0.39 is 11.2 Å². The van der Waals surface area contributed by atoms with Gasteiger partial charge in [-0.25, -0.2) is 9.78 Å². The molecule has 4 rings (SSSR count). The van der Waals surface area contributed by atoms with Gasteiger partial charge in [0.05, 0.1) is 18.9 Å². The van der Waals surface area contributed by atoms with Crippen LogP contribution in [0.4, 0.5) is 4.79 Å². The summed E-state index contributed by atoms with van der Waals surface area (Å²) in [5.74, 6) is 0.366. The van der Waals surface area contributed by atoms with Crippen molar-refractivity contribution in [3.63, 3.8) is 0 Å². The van der Waals surface area contributed by atoms with E-state index in [-0.39, 0.29) is 6.09 Å². The van der Waals surface area contributed by atoms with E-state index in [1.807, 2.05) is 45.0 Å². The van der Waals surface area contributed by atoms with E-state index in [1.165, 1.54) is 0 Å². The maximum absolute atomic E-state index is 12.2. The second-order valence-electron chi connectivity index (χ2n) is 8.92. The molecule has 0 atom stereocenters. The summed E-state index contributed by atoms with van der Waals surface area (Å²) in [5, 5.41) is 13.5. The molecule has 2 aliphatic heterocycles. The maximum Gasteiger partial charge on any atom is 0.410 e. The quantitative estimate of drug-likeness (QED) is 0.814. The number of thiazole rings is 1. The van der Waals surface area contributed by atoms with Crippen LogP contribution in [0.25, 0.3) is 10.6 Å². The number of ether oxygens (including phenoxy) is 2. The third-order valence-electron chi connectivity index (χ3n) is 5.44. The van der Waals surface area contributed by atoms with Crippen molar-refractivity contribution in [2.24, 2.45) is 0 Å². The Morgan fingerprint density at radius 3 is 2.45 bits per heavy atom. The monoisotopic (exact) mass is 416 g/mol. The topological polar surface area (TPSA) is 71.9 Å². The molecule has 29 heavy (non-hydrogen) atoms. The van der Waals surface area contributed by atoms with Gasteiger partial charge in [0.15, 0.2) is 0 Å². The van der Waals surface area contributed by atoms with E-state index in [4.69, 9.17) is 14.5 Å². The number of carbonyl (C=O) groups excluding carboxylic acids is 1. The Balaban J connectivity index is 1.37. The second kappa shape index (κ2) is 7.70. The molecule has 2 fully saturated rings. The Morgan fingerprint density at radius 2 is 1.90 bits per heavy atom. The third kappa shape index (κ3) is 4.47. The van der Waals surface area contributed by atoms with Gasteiger partial charge in [-0.3, -0.25) is 0 Å². The van der Waals surface area contributed by atoms with Gasteiger partial charge in [-0.05, 0) is 39.2 Å². The van der Waals surface area contributed by atoms with Crippen LogP contribution < -0.4 is 0 Å². The fourth-order valence-corrected chi connectivity index (χ4v) is 4.58. The van der Waals surface area contributed by atoms with Crippen molar-refractivity contribution in [3.8, 4) is 10.6 Å². The Morgan fingerprint density at radius 1 is 1.24 bits per heavy atom. The summed E-state index contributed by atoms with van der Waals surface area (Å²) in [5.41, 5.74) is 1.74. The van der Waals surface area contributed by atoms with E-state index in [0.29, 0.717) is 32.2 Å². The normalized spacial score (nSPS) is 19.7. The summed E-state index contributed by atoms with van der Waals surface area (Å²) >= 11 is 1.64. The van der Waals surface area contributed by atoms with Crippen LogP contribution in [0.1, 0.15) is 50.8 Å². The number of aromatic nitrogens is 1. The Hall–Kier alpha value is -1.96. The summed E-state index contributed by atoms with van der Waals surface area (Å²) < 4.78 is 10.6. The van der Waals surface area contributed by atoms with Crippen molar-refractivity contribution in [2.75, 3.05) is 26.3 Å². The van der Waals surface area contributed by atoms with Gasteiger partial charge in [0, 0.05) is 30.0 Å². The molecule has 0 unspecified atom stereocenters. The molecule has 1 aromatic heterocycles. The van der Waals surface area contributed by atoms with Crippen LogP contribution in [0.5, 0.6) is 0 Å². The van der Waals surface area contributed by atoms with Gasteiger partial charge < -0.3 is 19.5 Å². The minimum atomic E-state index is -0.839. The van der Waals surface area contributed by atoms with Crippen LogP contribution in [-0.4, -0.2) is 53.0 Å². The molecular weight excluding hydrogens is 388 g/mol. The molecule has 0 spiro atoms. The zero-order valence-electron chi connectivity index (χ0n) is 17.2. The molecule has 3 heterocycles. The lowest BCUT2D eigenvalue weighted by atomic mass is 9.91. The third-order valence-corrected chi connectivity index (χ3v) is 6.35. The number of piperidine rings is 1. The van der Waals surface area contributed by atoms with Gasteiger partial charge in [-0.2, -0.15) is 0 Å². The highest BCUT2D eigenvalue weighted by atomic mass is 32.1. The van der Waals surface area contributed by atoms with Gasteiger partial charge in [-0.1, -0.05) is 24.3 Å². The number of nitrogens with zero attached hydrogens (tertiary/aromatic N) is 2. The molecule has 156 valence electrons. The Bertz CT molecular complexity index is 860. The van der Waals surface area contributed by atoms with Gasteiger partial charge in [0.25, 0.3) is 0 Å². The van der Waals surface area contributed by atoms with E-state index in [0.717, 1.165) is 34.7 Å². The van der Waals surface area contributed by atoms with Crippen LogP contribution in [0.15, 0.2) is 29.6 Å². The van der Waals surface area contributed by atoms with Crippen LogP contribution in [0.2, 0.25) is 0 Å². The molecule has 0 aliphatic carbocycles. The fraction of sp³-hybridized carbons (Fsp3) is 0.545. The van der Waals surface area contributed by atoms with Crippen molar-refractivity contribution in [1.29, 1.82) is 0 Å². The highest BCUT2D eigenvalue weighted by Gasteiger charge is 2.37. The highest BCUT2D eigenvalue weighted by molar-refractivity contribution is 7.13. The first kappa shape index (κ1) is 20.3. The molecule has 1 N–H and O–H groups in total. The SMILES string of the molecule is CC(C)(C)OC(=O)N1CCC(c2csc(-c3ccc(C4(O)COC4)cc3)n2)CC1. The van der Waals surface area contributed by atoms with Crippen molar-refractivity contribution in [2.45, 2.75) is 50.7 Å². The summed E-state index contributed by atoms with van der Waals surface area (Å²) in [7, 11) is 0. The van der Waals surface area contributed by atoms with E-state index >= 15 is 0 Å². The molecule has 0 radical (unpaired) electrons. The van der Waals surface area contributed by atoms with E-state index in [2.05, 4.69) is 5.38 Å². The number of hydrogen-bond donors (Lipinski definition) is 1. The number of benzene rings is 1. The van der Waals surface area contributed by atoms with Crippen LogP contribution in [0.3, 0.4) is 0 Å². The number of likely N-dealkylation sites (tertiary alicyclic amines) is 1. The number of rotatable bonds is 3. The minimum Gasteiger partial charge on any atom is -0.444 e. The first-order valence-electron chi connectivity index (χ1n) is 10.1. The largest absolute Gasteiger partial charge is 0.444 e. The zero-order valence-corrected chi connectivity index (χ0v) is 18.0. The Labute approximate surface area is 175 Å². The van der Waals surface area contributed by atoms with Gasteiger partial charge in [0.2, 0.25) is 0 Å². The van der Waals surface area contributed by atoms with Gasteiger partial charge >= 0.3 is 6.09 Å². The summed E-state index contributed by atoms with van der Waals surface area (Å²) in [6.07, 6.45) is 1.57. The van der Waals surface area contributed by atoms with Crippen molar-refractivity contribution < 1.29 is 19.4 Å². The van der Waals surface area contributed by atoms with Crippen LogP contribution in [0, 0.1) is 0 Å². The first-order chi connectivity index (χ1) is 13.7. The lowest BCUT2D eigenvalue weighted by Gasteiger charge is -2.36. The molecule has 2 aliphatic rings. The number of hydrogen-bond acceptors (Lipinski definition) is 6. The molecule has 2 aromatic rings.